The Morgan fingerprint density at radius 3 is 1.92 bits per heavy atom. The average Bonchev–Trinajstić information content (AvgIpc) is 2.56. The minimum absolute atomic E-state index is 0.0175. The van der Waals surface area contributed by atoms with Crippen molar-refractivity contribution < 1.29 is 9.59 Å². The lowest BCUT2D eigenvalue weighted by atomic mass is 9.80. The highest BCUT2D eigenvalue weighted by molar-refractivity contribution is 14.1. The predicted octanol–water partition coefficient (Wildman–Crippen LogP) is 4.50. The molecule has 2 aromatic carbocycles. The van der Waals surface area contributed by atoms with Crippen LogP contribution in [0.1, 0.15) is 38.8 Å². The zero-order valence-electron chi connectivity index (χ0n) is 13.5. The number of benzene rings is 2. The van der Waals surface area contributed by atoms with Gasteiger partial charge >= 0.3 is 0 Å². The van der Waals surface area contributed by atoms with E-state index in [-0.39, 0.29) is 11.6 Å². The number of anilines is 2. The third-order valence-corrected chi connectivity index (χ3v) is 5.62. The fourth-order valence-corrected chi connectivity index (χ4v) is 4.36. The molecular weight excluding hydrogens is 415 g/mol. The van der Waals surface area contributed by atoms with Gasteiger partial charge in [-0.05, 0) is 64.4 Å². The van der Waals surface area contributed by atoms with Gasteiger partial charge in [0, 0.05) is 45.9 Å². The van der Waals surface area contributed by atoms with Crippen molar-refractivity contribution in [1.82, 2.24) is 0 Å². The number of allylic oxidation sites excluding steroid dienone is 3. The number of halogens is 1. The first-order valence-corrected chi connectivity index (χ1v) is 8.74. The van der Waals surface area contributed by atoms with E-state index in [9.17, 15) is 9.59 Å². The summed E-state index contributed by atoms with van der Waals surface area (Å²) in [6.07, 6.45) is 3.33. The van der Waals surface area contributed by atoms with Gasteiger partial charge in [0.2, 0.25) is 0 Å². The lowest BCUT2D eigenvalue weighted by molar-refractivity contribution is 0.103. The van der Waals surface area contributed by atoms with Gasteiger partial charge < -0.3 is 10.6 Å². The molecule has 2 aliphatic carbocycles. The third kappa shape index (κ3) is 1.84. The monoisotopic (exact) mass is 430 g/mol. The van der Waals surface area contributed by atoms with Gasteiger partial charge in [-0.1, -0.05) is 0 Å². The Morgan fingerprint density at radius 1 is 0.833 bits per heavy atom. The van der Waals surface area contributed by atoms with Crippen LogP contribution < -0.4 is 10.6 Å². The lowest BCUT2D eigenvalue weighted by Crippen LogP contribution is -2.15. The summed E-state index contributed by atoms with van der Waals surface area (Å²) in [4.78, 5) is 25.3. The summed E-state index contributed by atoms with van der Waals surface area (Å²) < 4.78 is 0.895. The quantitative estimate of drug-likeness (QED) is 0.690. The molecule has 0 atom stereocenters. The Kier molecular flexibility index (Phi) is 3.32. The molecule has 0 spiro atoms. The number of rotatable bonds is 2. The molecule has 0 unspecified atom stereocenters. The molecule has 5 heteroatoms. The van der Waals surface area contributed by atoms with Crippen molar-refractivity contribution in [2.75, 3.05) is 24.7 Å². The average molecular weight is 430 g/mol. The molecular formula is C19H15IN2O2. The lowest BCUT2D eigenvalue weighted by Gasteiger charge is -2.26. The Hall–Kier alpha value is -2.15. The number of hydrogen-bond acceptors (Lipinski definition) is 4. The van der Waals surface area contributed by atoms with Crippen molar-refractivity contribution in [3.8, 4) is 0 Å². The van der Waals surface area contributed by atoms with Gasteiger partial charge in [0.05, 0.1) is 11.1 Å². The van der Waals surface area contributed by atoms with Gasteiger partial charge in [-0.25, -0.2) is 0 Å². The molecule has 0 saturated heterocycles. The molecule has 0 fully saturated rings. The van der Waals surface area contributed by atoms with Crippen LogP contribution in [0.3, 0.4) is 0 Å². The van der Waals surface area contributed by atoms with E-state index in [0.29, 0.717) is 11.1 Å². The smallest absolute Gasteiger partial charge is 0.189 e. The number of carbonyl (C=O) groups excluding carboxylic acids is 2. The summed E-state index contributed by atoms with van der Waals surface area (Å²) in [6.45, 7) is 1.94. The van der Waals surface area contributed by atoms with Crippen LogP contribution in [0, 0.1) is 0 Å². The first-order valence-electron chi connectivity index (χ1n) is 7.66. The van der Waals surface area contributed by atoms with Gasteiger partial charge in [0.25, 0.3) is 0 Å². The normalized spacial score (nSPS) is 15.3. The van der Waals surface area contributed by atoms with E-state index < -0.39 is 0 Å². The Bertz CT molecular complexity index is 949. The van der Waals surface area contributed by atoms with Crippen molar-refractivity contribution in [2.45, 2.75) is 6.92 Å². The molecule has 24 heavy (non-hydrogen) atoms. The standard InChI is InChI=1S/C19H15IN2O2/c1-8-4-14(23)18-13(22-3)6-10-11(20)7-15(24)19-12(21-2)5-9(8)16(18)17(10)19/h4-7,21-22H,1-3H3. The third-order valence-electron chi connectivity index (χ3n) is 4.72. The fourth-order valence-electron chi connectivity index (χ4n) is 3.65. The van der Waals surface area contributed by atoms with E-state index in [2.05, 4.69) is 33.2 Å². The van der Waals surface area contributed by atoms with E-state index in [0.717, 1.165) is 42.4 Å². The molecule has 2 N–H and O–H groups in total. The van der Waals surface area contributed by atoms with Crippen LogP contribution >= 0.6 is 22.6 Å². The van der Waals surface area contributed by atoms with Crippen LogP contribution in [-0.4, -0.2) is 25.7 Å². The van der Waals surface area contributed by atoms with Gasteiger partial charge in [-0.3, -0.25) is 9.59 Å². The van der Waals surface area contributed by atoms with E-state index >= 15 is 0 Å². The summed E-state index contributed by atoms with van der Waals surface area (Å²) in [6, 6.07) is 3.95. The molecule has 0 saturated carbocycles. The second-order valence-electron chi connectivity index (χ2n) is 5.99. The largest absolute Gasteiger partial charge is 0.387 e. The van der Waals surface area contributed by atoms with Crippen LogP contribution in [0.4, 0.5) is 11.4 Å². The van der Waals surface area contributed by atoms with E-state index in [1.165, 1.54) is 0 Å². The van der Waals surface area contributed by atoms with E-state index in [1.807, 2.05) is 33.2 Å². The number of ketones is 2. The summed E-state index contributed by atoms with van der Waals surface area (Å²) in [5, 5.41) is 8.05. The number of nitrogens with one attached hydrogen (secondary N) is 2. The maximum Gasteiger partial charge on any atom is 0.189 e. The van der Waals surface area contributed by atoms with Crippen LogP contribution in [0.2, 0.25) is 0 Å². The first-order chi connectivity index (χ1) is 11.5. The molecule has 2 aromatic rings. The van der Waals surface area contributed by atoms with Crippen molar-refractivity contribution in [2.24, 2.45) is 0 Å². The first kappa shape index (κ1) is 15.4. The van der Waals surface area contributed by atoms with Crippen molar-refractivity contribution >= 4 is 65.5 Å². The molecule has 4 nitrogen and oxygen atoms in total. The topological polar surface area (TPSA) is 58.2 Å². The Balaban J connectivity index is 2.33. The van der Waals surface area contributed by atoms with Crippen LogP contribution in [-0.2, 0) is 0 Å². The van der Waals surface area contributed by atoms with Crippen LogP contribution in [0.25, 0.3) is 19.9 Å². The van der Waals surface area contributed by atoms with Crippen molar-refractivity contribution in [3.05, 3.63) is 46.5 Å². The Labute approximate surface area is 153 Å². The molecule has 0 amide bonds. The second kappa shape index (κ2) is 5.17. The molecule has 4 rings (SSSR count). The molecule has 0 bridgehead atoms. The van der Waals surface area contributed by atoms with Gasteiger partial charge in [-0.2, -0.15) is 0 Å². The van der Waals surface area contributed by atoms with Crippen LogP contribution in [0.5, 0.6) is 0 Å². The van der Waals surface area contributed by atoms with Crippen molar-refractivity contribution in [1.29, 1.82) is 0 Å². The molecule has 0 radical (unpaired) electrons. The van der Waals surface area contributed by atoms with Gasteiger partial charge in [0.15, 0.2) is 11.6 Å². The highest BCUT2D eigenvalue weighted by Crippen LogP contribution is 2.47. The Morgan fingerprint density at radius 2 is 1.33 bits per heavy atom. The predicted molar refractivity (Wildman–Crippen MR) is 107 cm³/mol. The molecule has 0 aliphatic heterocycles. The number of hydrogen-bond donors (Lipinski definition) is 2. The van der Waals surface area contributed by atoms with Gasteiger partial charge in [-0.15, -0.1) is 0 Å². The summed E-state index contributed by atoms with van der Waals surface area (Å²) in [7, 11) is 3.63. The maximum absolute atomic E-state index is 12.7. The maximum atomic E-state index is 12.7. The molecule has 120 valence electrons. The van der Waals surface area contributed by atoms with Crippen molar-refractivity contribution in [3.63, 3.8) is 0 Å². The second-order valence-corrected chi connectivity index (χ2v) is 7.15. The minimum atomic E-state index is -0.0226. The highest BCUT2D eigenvalue weighted by Gasteiger charge is 2.31. The SMILES string of the molecule is CNc1cc2c3c(c(NC)cc4c3c1C(=O)C=C4C)C(=O)C=C2I. The highest BCUT2D eigenvalue weighted by atomic mass is 127. The van der Waals surface area contributed by atoms with E-state index in [1.54, 1.807) is 12.2 Å². The zero-order chi connectivity index (χ0) is 17.2. The molecule has 2 aliphatic rings. The zero-order valence-corrected chi connectivity index (χ0v) is 15.7. The summed E-state index contributed by atoms with van der Waals surface area (Å²) in [5.41, 5.74) is 5.82. The summed E-state index contributed by atoms with van der Waals surface area (Å²) in [5.74, 6) is -0.0401. The van der Waals surface area contributed by atoms with E-state index in [4.69, 9.17) is 0 Å². The van der Waals surface area contributed by atoms with Crippen LogP contribution in [0.15, 0.2) is 24.3 Å². The van der Waals surface area contributed by atoms with Gasteiger partial charge in [0.1, 0.15) is 0 Å². The molecule has 0 aromatic heterocycles. The minimum Gasteiger partial charge on any atom is -0.387 e. The fraction of sp³-hybridized carbons (Fsp3) is 0.158. The summed E-state index contributed by atoms with van der Waals surface area (Å²) >= 11 is 2.19. The molecule has 0 heterocycles. The number of carbonyl (C=O) groups is 2.